The van der Waals surface area contributed by atoms with Gasteiger partial charge in [0.2, 0.25) is 0 Å². The van der Waals surface area contributed by atoms with Gasteiger partial charge in [0.05, 0.1) is 11.1 Å². The van der Waals surface area contributed by atoms with Crippen molar-refractivity contribution in [3.05, 3.63) is 65.2 Å². The lowest BCUT2D eigenvalue weighted by Gasteiger charge is -2.21. The number of halogens is 3. The summed E-state index contributed by atoms with van der Waals surface area (Å²) in [6.07, 6.45) is -4.96. The maximum Gasteiger partial charge on any atom is 0.416 e. The first-order chi connectivity index (χ1) is 12.3. The van der Waals surface area contributed by atoms with Crippen molar-refractivity contribution in [3.63, 3.8) is 0 Å². The molecule has 4 nitrogen and oxygen atoms in total. The zero-order chi connectivity index (χ0) is 18.9. The summed E-state index contributed by atoms with van der Waals surface area (Å²) in [6.45, 7) is 1.89. The molecule has 136 valence electrons. The average molecular weight is 363 g/mol. The molecule has 0 spiro atoms. The number of rotatable bonds is 3. The largest absolute Gasteiger partial charge is 0.449 e. The van der Waals surface area contributed by atoms with Gasteiger partial charge in [0, 0.05) is 12.2 Å². The zero-order valence-corrected chi connectivity index (χ0v) is 13.9. The molecule has 0 saturated heterocycles. The van der Waals surface area contributed by atoms with Crippen LogP contribution >= 0.6 is 0 Å². The molecule has 1 aliphatic rings. The Morgan fingerprint density at radius 1 is 1.12 bits per heavy atom. The molecule has 0 radical (unpaired) electrons. The van der Waals surface area contributed by atoms with Crippen molar-refractivity contribution in [2.75, 3.05) is 11.4 Å². The van der Waals surface area contributed by atoms with Crippen molar-refractivity contribution < 1.29 is 27.5 Å². The Bertz CT molecular complexity index is 848. The van der Waals surface area contributed by atoms with Crippen molar-refractivity contribution in [3.8, 4) is 0 Å². The molecule has 3 rings (SSSR count). The van der Waals surface area contributed by atoms with E-state index in [9.17, 15) is 22.8 Å². The van der Waals surface area contributed by atoms with E-state index in [1.165, 1.54) is 17.9 Å². The summed E-state index contributed by atoms with van der Waals surface area (Å²) in [5.74, 6) is -1.38. The van der Waals surface area contributed by atoms with E-state index < -0.39 is 29.7 Å². The molecule has 2 aromatic carbocycles. The Labute approximate surface area is 148 Å². The van der Waals surface area contributed by atoms with Crippen LogP contribution < -0.4 is 4.90 Å². The fraction of sp³-hybridized carbons (Fsp3) is 0.263. The number of para-hydroxylation sites is 1. The van der Waals surface area contributed by atoms with Gasteiger partial charge < -0.3 is 9.64 Å². The van der Waals surface area contributed by atoms with Crippen LogP contribution in [0.15, 0.2) is 48.5 Å². The minimum atomic E-state index is -4.56. The van der Waals surface area contributed by atoms with E-state index in [0.29, 0.717) is 19.0 Å². The number of alkyl halides is 3. The van der Waals surface area contributed by atoms with Crippen LogP contribution in [0.3, 0.4) is 0 Å². The van der Waals surface area contributed by atoms with Crippen LogP contribution in [-0.4, -0.2) is 24.5 Å². The Morgan fingerprint density at radius 3 is 2.58 bits per heavy atom. The third-order valence-electron chi connectivity index (χ3n) is 4.21. The number of ether oxygens (including phenoxy) is 1. The number of esters is 1. The van der Waals surface area contributed by atoms with Gasteiger partial charge in [-0.2, -0.15) is 13.2 Å². The van der Waals surface area contributed by atoms with Gasteiger partial charge >= 0.3 is 12.1 Å². The first-order valence-electron chi connectivity index (χ1n) is 8.05. The van der Waals surface area contributed by atoms with Crippen LogP contribution in [0.2, 0.25) is 0 Å². The predicted octanol–water partition coefficient (Wildman–Crippen LogP) is 3.84. The molecule has 2 aromatic rings. The number of nitrogens with zero attached hydrogens (tertiary/aromatic N) is 1. The average Bonchev–Trinajstić information content (AvgIpc) is 3.04. The standard InChI is InChI=1S/C19H16F3NO3/c1-12(17(24)23-10-9-13-5-2-3-8-16(13)23)26-18(25)14-6-4-7-15(11-14)19(20,21)22/h2-8,11-12H,9-10H2,1H3/t12-/m1/s1. The zero-order valence-electron chi connectivity index (χ0n) is 13.9. The summed E-state index contributed by atoms with van der Waals surface area (Å²) >= 11 is 0. The minimum Gasteiger partial charge on any atom is -0.449 e. The second-order valence-corrected chi connectivity index (χ2v) is 5.99. The Hall–Kier alpha value is -2.83. The lowest BCUT2D eigenvalue weighted by molar-refractivity contribution is -0.137. The number of carbonyl (C=O) groups is 2. The van der Waals surface area contributed by atoms with E-state index in [1.54, 1.807) is 0 Å². The molecular formula is C19H16F3NO3. The van der Waals surface area contributed by atoms with Crippen LogP contribution in [0.25, 0.3) is 0 Å². The molecule has 26 heavy (non-hydrogen) atoms. The topological polar surface area (TPSA) is 46.6 Å². The summed E-state index contributed by atoms with van der Waals surface area (Å²) in [5.41, 5.74) is 0.595. The van der Waals surface area contributed by atoms with Crippen LogP contribution in [0.4, 0.5) is 18.9 Å². The number of amides is 1. The van der Waals surface area contributed by atoms with Gasteiger partial charge in [-0.05, 0) is 43.2 Å². The predicted molar refractivity (Wildman–Crippen MR) is 88.8 cm³/mol. The fourth-order valence-corrected chi connectivity index (χ4v) is 2.89. The molecule has 1 amide bonds. The van der Waals surface area contributed by atoms with Crippen molar-refractivity contribution in [1.82, 2.24) is 0 Å². The van der Waals surface area contributed by atoms with E-state index in [2.05, 4.69) is 0 Å². The summed E-state index contributed by atoms with van der Waals surface area (Å²) in [5, 5.41) is 0. The second-order valence-electron chi connectivity index (χ2n) is 5.99. The van der Waals surface area contributed by atoms with Crippen molar-refractivity contribution in [2.24, 2.45) is 0 Å². The van der Waals surface area contributed by atoms with E-state index in [0.717, 1.165) is 23.4 Å². The van der Waals surface area contributed by atoms with E-state index >= 15 is 0 Å². The number of hydrogen-bond donors (Lipinski definition) is 0. The highest BCUT2D eigenvalue weighted by Crippen LogP contribution is 2.30. The molecule has 1 aliphatic heterocycles. The Morgan fingerprint density at radius 2 is 1.85 bits per heavy atom. The minimum absolute atomic E-state index is 0.249. The van der Waals surface area contributed by atoms with Gasteiger partial charge in [-0.25, -0.2) is 4.79 Å². The molecular weight excluding hydrogens is 347 g/mol. The quantitative estimate of drug-likeness (QED) is 0.779. The van der Waals surface area contributed by atoms with Crippen molar-refractivity contribution in [1.29, 1.82) is 0 Å². The lowest BCUT2D eigenvalue weighted by Crippen LogP contribution is -2.39. The van der Waals surface area contributed by atoms with E-state index in [-0.39, 0.29) is 5.56 Å². The molecule has 7 heteroatoms. The summed E-state index contributed by atoms with van der Waals surface area (Å²) in [7, 11) is 0. The molecule has 0 unspecified atom stereocenters. The molecule has 0 aliphatic carbocycles. The van der Waals surface area contributed by atoms with E-state index in [1.807, 2.05) is 24.3 Å². The highest BCUT2D eigenvalue weighted by atomic mass is 19.4. The highest BCUT2D eigenvalue weighted by Gasteiger charge is 2.32. The first-order valence-corrected chi connectivity index (χ1v) is 8.05. The van der Waals surface area contributed by atoms with Crippen LogP contribution in [0.1, 0.15) is 28.4 Å². The Kier molecular flexibility index (Phi) is 4.71. The lowest BCUT2D eigenvalue weighted by atomic mass is 10.1. The first kappa shape index (κ1) is 18.0. The molecule has 0 aromatic heterocycles. The normalized spacial score (nSPS) is 14.7. The molecule has 0 saturated carbocycles. The number of benzene rings is 2. The van der Waals surface area contributed by atoms with Crippen LogP contribution in [0.5, 0.6) is 0 Å². The molecule has 0 fully saturated rings. The fourth-order valence-electron chi connectivity index (χ4n) is 2.89. The molecule has 0 N–H and O–H groups in total. The van der Waals surface area contributed by atoms with Gasteiger partial charge in [-0.3, -0.25) is 4.79 Å². The molecule has 1 heterocycles. The van der Waals surface area contributed by atoms with Gasteiger partial charge in [0.25, 0.3) is 5.91 Å². The number of anilines is 1. The van der Waals surface area contributed by atoms with Gasteiger partial charge in [-0.1, -0.05) is 24.3 Å². The maximum atomic E-state index is 12.8. The summed E-state index contributed by atoms with van der Waals surface area (Å²) in [4.78, 5) is 26.2. The third-order valence-corrected chi connectivity index (χ3v) is 4.21. The third kappa shape index (κ3) is 3.56. The number of fused-ring (bicyclic) bond motifs is 1. The number of carbonyl (C=O) groups excluding carboxylic acids is 2. The van der Waals surface area contributed by atoms with Crippen LogP contribution in [0, 0.1) is 0 Å². The number of hydrogen-bond acceptors (Lipinski definition) is 3. The monoisotopic (exact) mass is 363 g/mol. The SMILES string of the molecule is C[C@@H](OC(=O)c1cccc(C(F)(F)F)c1)C(=O)N1CCc2ccccc21. The van der Waals surface area contributed by atoms with Gasteiger partial charge in [0.1, 0.15) is 0 Å². The van der Waals surface area contributed by atoms with Crippen molar-refractivity contribution >= 4 is 17.6 Å². The van der Waals surface area contributed by atoms with Crippen molar-refractivity contribution in [2.45, 2.75) is 25.6 Å². The van der Waals surface area contributed by atoms with Crippen LogP contribution in [-0.2, 0) is 22.1 Å². The second kappa shape index (κ2) is 6.82. The molecule has 1 atom stereocenters. The maximum absolute atomic E-state index is 12.8. The highest BCUT2D eigenvalue weighted by molar-refractivity contribution is 6.00. The molecule has 0 bridgehead atoms. The van der Waals surface area contributed by atoms with Gasteiger partial charge in [0.15, 0.2) is 6.10 Å². The summed E-state index contributed by atoms with van der Waals surface area (Å²) < 4.78 is 43.4. The van der Waals surface area contributed by atoms with Gasteiger partial charge in [-0.15, -0.1) is 0 Å². The smallest absolute Gasteiger partial charge is 0.416 e. The summed E-state index contributed by atoms with van der Waals surface area (Å²) in [6, 6.07) is 11.3. The Balaban J connectivity index is 1.71. The van der Waals surface area contributed by atoms with E-state index in [4.69, 9.17) is 4.74 Å².